The lowest BCUT2D eigenvalue weighted by atomic mass is 10.3. The number of benzene rings is 1. The summed E-state index contributed by atoms with van der Waals surface area (Å²) in [5, 5.41) is 0. The molecule has 1 aromatic rings. The second-order valence-electron chi connectivity index (χ2n) is 2.55. The standard InChI is InChI=1S/C8H7F2IN2O2/c9-8(10,7(14)13-12)15-6-3-1-2-5(11)4-6/h1-4H,12H2,(H,13,14). The summed E-state index contributed by atoms with van der Waals surface area (Å²) in [6, 6.07) is 5.93. The van der Waals surface area contributed by atoms with Gasteiger partial charge in [-0.2, -0.15) is 8.78 Å². The number of ether oxygens (including phenoxy) is 1. The van der Waals surface area contributed by atoms with Crippen LogP contribution in [-0.4, -0.2) is 12.0 Å². The van der Waals surface area contributed by atoms with Gasteiger partial charge in [0.15, 0.2) is 0 Å². The number of hydrogen-bond donors (Lipinski definition) is 2. The summed E-state index contributed by atoms with van der Waals surface area (Å²) in [6.07, 6.45) is -3.97. The van der Waals surface area contributed by atoms with Crippen molar-refractivity contribution in [3.8, 4) is 5.75 Å². The molecule has 0 fully saturated rings. The van der Waals surface area contributed by atoms with Crippen molar-refractivity contribution >= 4 is 28.5 Å². The molecule has 4 nitrogen and oxygen atoms in total. The number of nitrogens with two attached hydrogens (primary N) is 1. The van der Waals surface area contributed by atoms with Crippen molar-refractivity contribution in [1.82, 2.24) is 5.43 Å². The summed E-state index contributed by atoms with van der Waals surface area (Å²) in [7, 11) is 0. The van der Waals surface area contributed by atoms with Crippen molar-refractivity contribution in [3.05, 3.63) is 27.8 Å². The highest BCUT2D eigenvalue weighted by Gasteiger charge is 2.41. The van der Waals surface area contributed by atoms with Crippen LogP contribution in [0.5, 0.6) is 5.75 Å². The van der Waals surface area contributed by atoms with Crippen LogP contribution in [0.4, 0.5) is 8.78 Å². The summed E-state index contributed by atoms with van der Waals surface area (Å²) < 4.78 is 30.8. The molecule has 0 radical (unpaired) electrons. The number of amides is 1. The van der Waals surface area contributed by atoms with Crippen molar-refractivity contribution in [2.75, 3.05) is 0 Å². The zero-order valence-corrected chi connectivity index (χ0v) is 9.49. The number of carbonyl (C=O) groups is 1. The summed E-state index contributed by atoms with van der Waals surface area (Å²) >= 11 is 1.93. The van der Waals surface area contributed by atoms with Crippen molar-refractivity contribution in [1.29, 1.82) is 0 Å². The molecule has 0 aliphatic rings. The Kier molecular flexibility index (Phi) is 3.80. The van der Waals surface area contributed by atoms with Crippen LogP contribution < -0.4 is 16.0 Å². The van der Waals surface area contributed by atoms with E-state index in [1.165, 1.54) is 23.6 Å². The number of hydrogen-bond acceptors (Lipinski definition) is 3. The van der Waals surface area contributed by atoms with E-state index in [0.717, 1.165) is 0 Å². The van der Waals surface area contributed by atoms with Crippen LogP contribution in [0, 0.1) is 3.57 Å². The van der Waals surface area contributed by atoms with Gasteiger partial charge in [0.05, 0.1) is 0 Å². The number of halogens is 3. The van der Waals surface area contributed by atoms with Gasteiger partial charge in [-0.15, -0.1) is 0 Å². The first-order valence-corrected chi connectivity index (χ1v) is 4.87. The van der Waals surface area contributed by atoms with Gasteiger partial charge in [0.1, 0.15) is 5.75 Å². The Balaban J connectivity index is 2.81. The van der Waals surface area contributed by atoms with Crippen molar-refractivity contribution in [2.45, 2.75) is 6.11 Å². The Morgan fingerprint density at radius 1 is 1.53 bits per heavy atom. The van der Waals surface area contributed by atoms with E-state index in [1.54, 1.807) is 6.07 Å². The van der Waals surface area contributed by atoms with Crippen LogP contribution in [0.1, 0.15) is 0 Å². The molecule has 7 heteroatoms. The minimum Gasteiger partial charge on any atom is -0.425 e. The molecule has 0 bridgehead atoms. The molecule has 0 saturated heterocycles. The molecule has 82 valence electrons. The van der Waals surface area contributed by atoms with E-state index in [4.69, 9.17) is 0 Å². The fourth-order valence-corrected chi connectivity index (χ4v) is 1.32. The van der Waals surface area contributed by atoms with E-state index in [2.05, 4.69) is 10.6 Å². The molecular weight excluding hydrogens is 321 g/mol. The fourth-order valence-electron chi connectivity index (χ4n) is 0.809. The lowest BCUT2D eigenvalue weighted by Gasteiger charge is -2.15. The zero-order valence-electron chi connectivity index (χ0n) is 7.34. The molecule has 0 saturated carbocycles. The van der Waals surface area contributed by atoms with E-state index in [0.29, 0.717) is 3.57 Å². The van der Waals surface area contributed by atoms with Gasteiger partial charge in [-0.05, 0) is 40.8 Å². The maximum Gasteiger partial charge on any atom is 0.483 e. The molecule has 0 unspecified atom stereocenters. The van der Waals surface area contributed by atoms with E-state index < -0.39 is 12.0 Å². The van der Waals surface area contributed by atoms with Crippen LogP contribution in [0.25, 0.3) is 0 Å². The van der Waals surface area contributed by atoms with Gasteiger partial charge >= 0.3 is 12.0 Å². The van der Waals surface area contributed by atoms with E-state index in [1.807, 2.05) is 22.6 Å². The third-order valence-electron chi connectivity index (χ3n) is 1.44. The molecule has 15 heavy (non-hydrogen) atoms. The quantitative estimate of drug-likeness (QED) is 0.380. The smallest absolute Gasteiger partial charge is 0.425 e. The molecule has 0 atom stereocenters. The van der Waals surface area contributed by atoms with Crippen molar-refractivity contribution in [3.63, 3.8) is 0 Å². The van der Waals surface area contributed by atoms with E-state index in [9.17, 15) is 13.6 Å². The zero-order chi connectivity index (χ0) is 11.5. The van der Waals surface area contributed by atoms with Gasteiger partial charge in [-0.1, -0.05) is 6.07 Å². The Morgan fingerprint density at radius 3 is 2.73 bits per heavy atom. The van der Waals surface area contributed by atoms with Gasteiger partial charge in [0, 0.05) is 3.57 Å². The summed E-state index contributed by atoms with van der Waals surface area (Å²) in [4.78, 5) is 10.6. The lowest BCUT2D eigenvalue weighted by molar-refractivity contribution is -0.192. The predicted octanol–water partition coefficient (Wildman–Crippen LogP) is 1.25. The Morgan fingerprint density at radius 2 is 2.20 bits per heavy atom. The highest BCUT2D eigenvalue weighted by Crippen LogP contribution is 2.22. The van der Waals surface area contributed by atoms with E-state index >= 15 is 0 Å². The molecular formula is C8H7F2IN2O2. The van der Waals surface area contributed by atoms with Gasteiger partial charge in [0.2, 0.25) is 0 Å². The molecule has 0 aliphatic heterocycles. The number of rotatable bonds is 3. The monoisotopic (exact) mass is 328 g/mol. The molecule has 1 rings (SSSR count). The largest absolute Gasteiger partial charge is 0.483 e. The van der Waals surface area contributed by atoms with Gasteiger partial charge in [-0.3, -0.25) is 10.2 Å². The average molecular weight is 328 g/mol. The van der Waals surface area contributed by atoms with Crippen LogP contribution in [0.2, 0.25) is 0 Å². The van der Waals surface area contributed by atoms with Crippen molar-refractivity contribution in [2.24, 2.45) is 5.84 Å². The van der Waals surface area contributed by atoms with Gasteiger partial charge in [0.25, 0.3) is 0 Å². The normalized spacial score (nSPS) is 10.9. The molecule has 0 spiro atoms. The van der Waals surface area contributed by atoms with Crippen LogP contribution >= 0.6 is 22.6 Å². The fraction of sp³-hybridized carbons (Fsp3) is 0.125. The van der Waals surface area contributed by atoms with Crippen LogP contribution in [0.3, 0.4) is 0 Å². The number of nitrogens with one attached hydrogen (secondary N) is 1. The van der Waals surface area contributed by atoms with Gasteiger partial charge < -0.3 is 4.74 Å². The molecule has 0 heterocycles. The first-order valence-electron chi connectivity index (χ1n) is 3.79. The minimum absolute atomic E-state index is 0.101. The topological polar surface area (TPSA) is 64.3 Å². The molecule has 0 aliphatic carbocycles. The molecule has 1 amide bonds. The molecule has 1 aromatic carbocycles. The Labute approximate surface area is 97.9 Å². The average Bonchev–Trinajstić information content (AvgIpc) is 2.15. The summed E-state index contributed by atoms with van der Waals surface area (Å²) in [6.45, 7) is 0. The summed E-state index contributed by atoms with van der Waals surface area (Å²) in [5.74, 6) is 2.79. The Hall–Kier alpha value is -0.960. The third kappa shape index (κ3) is 3.27. The second kappa shape index (κ2) is 4.71. The van der Waals surface area contributed by atoms with E-state index in [-0.39, 0.29) is 5.75 Å². The molecule has 3 N–H and O–H groups in total. The summed E-state index contributed by atoms with van der Waals surface area (Å²) in [5.41, 5.74) is 1.32. The van der Waals surface area contributed by atoms with Crippen molar-refractivity contribution < 1.29 is 18.3 Å². The first-order chi connectivity index (χ1) is 6.95. The van der Waals surface area contributed by atoms with Crippen LogP contribution in [-0.2, 0) is 4.79 Å². The lowest BCUT2D eigenvalue weighted by Crippen LogP contribution is -2.47. The highest BCUT2D eigenvalue weighted by molar-refractivity contribution is 14.1. The molecule has 0 aromatic heterocycles. The maximum atomic E-state index is 12.9. The number of alkyl halides is 2. The number of hydrazine groups is 1. The third-order valence-corrected chi connectivity index (χ3v) is 2.11. The Bertz CT molecular complexity index is 373. The predicted molar refractivity (Wildman–Crippen MR) is 57.1 cm³/mol. The highest BCUT2D eigenvalue weighted by atomic mass is 127. The second-order valence-corrected chi connectivity index (χ2v) is 3.80. The SMILES string of the molecule is NNC(=O)C(F)(F)Oc1cccc(I)c1. The number of carbonyl (C=O) groups excluding carboxylic acids is 1. The first kappa shape index (κ1) is 12.1. The minimum atomic E-state index is -3.97. The van der Waals surface area contributed by atoms with Gasteiger partial charge in [-0.25, -0.2) is 5.84 Å². The maximum absolute atomic E-state index is 12.9. The van der Waals surface area contributed by atoms with Crippen LogP contribution in [0.15, 0.2) is 24.3 Å².